The Kier molecular flexibility index (Phi) is 5.41. The van der Waals surface area contributed by atoms with Crippen molar-refractivity contribution in [2.45, 2.75) is 57.5 Å². The zero-order chi connectivity index (χ0) is 12.8. The first-order chi connectivity index (χ1) is 8.04. The van der Waals surface area contributed by atoms with Gasteiger partial charge in [0.05, 0.1) is 12.5 Å². The number of carbonyl (C=O) groups is 2. The maximum atomic E-state index is 11.7. The van der Waals surface area contributed by atoms with Crippen LogP contribution >= 0.6 is 0 Å². The number of rotatable bonds is 8. The maximum Gasteiger partial charge on any atom is 0.305 e. The number of nitrogens with one attached hydrogen (secondary N) is 1. The summed E-state index contributed by atoms with van der Waals surface area (Å²) in [6.45, 7) is 2.04. The number of unbranched alkanes of at least 4 members (excludes halogenated alkanes) is 1. The van der Waals surface area contributed by atoms with Crippen LogP contribution in [0.3, 0.4) is 0 Å². The molecular formula is C12H22N2O3. The smallest absolute Gasteiger partial charge is 0.305 e. The highest BCUT2D eigenvalue weighted by atomic mass is 16.4. The monoisotopic (exact) mass is 242 g/mol. The molecule has 1 amide bonds. The van der Waals surface area contributed by atoms with Crippen molar-refractivity contribution in [1.82, 2.24) is 5.32 Å². The zero-order valence-electron chi connectivity index (χ0n) is 10.3. The summed E-state index contributed by atoms with van der Waals surface area (Å²) in [7, 11) is 0. The van der Waals surface area contributed by atoms with E-state index in [0.29, 0.717) is 12.3 Å². The fourth-order valence-corrected chi connectivity index (χ4v) is 1.87. The fourth-order valence-electron chi connectivity index (χ4n) is 1.87. The predicted molar refractivity (Wildman–Crippen MR) is 64.4 cm³/mol. The lowest BCUT2D eigenvalue weighted by Gasteiger charge is -2.19. The van der Waals surface area contributed by atoms with E-state index in [4.69, 9.17) is 10.8 Å². The summed E-state index contributed by atoms with van der Waals surface area (Å²) in [6.07, 6.45) is 4.58. The Labute approximate surface area is 102 Å². The van der Waals surface area contributed by atoms with Gasteiger partial charge in [0.1, 0.15) is 0 Å². The molecule has 0 aromatic rings. The van der Waals surface area contributed by atoms with Gasteiger partial charge in [0.25, 0.3) is 0 Å². The van der Waals surface area contributed by atoms with Crippen molar-refractivity contribution in [1.29, 1.82) is 0 Å². The SMILES string of the molecule is CCCCC(N)C(=O)NC(CC(=O)O)C1CC1. The van der Waals surface area contributed by atoms with E-state index in [9.17, 15) is 9.59 Å². The van der Waals surface area contributed by atoms with E-state index in [1.165, 1.54) is 0 Å². The number of nitrogens with two attached hydrogens (primary N) is 1. The molecule has 0 saturated heterocycles. The number of hydrogen-bond acceptors (Lipinski definition) is 3. The number of carboxylic acid groups (broad SMARTS) is 1. The number of amides is 1. The van der Waals surface area contributed by atoms with Gasteiger partial charge in [0.2, 0.25) is 5.91 Å². The topological polar surface area (TPSA) is 92.4 Å². The molecule has 0 spiro atoms. The highest BCUT2D eigenvalue weighted by Crippen LogP contribution is 2.34. The molecule has 17 heavy (non-hydrogen) atoms. The summed E-state index contributed by atoms with van der Waals surface area (Å²) in [5, 5.41) is 11.5. The number of aliphatic carboxylic acids is 1. The van der Waals surface area contributed by atoms with Gasteiger partial charge in [0.15, 0.2) is 0 Å². The molecule has 1 aliphatic rings. The first-order valence-electron chi connectivity index (χ1n) is 6.32. The molecule has 1 aliphatic carbocycles. The Morgan fingerprint density at radius 3 is 2.59 bits per heavy atom. The van der Waals surface area contributed by atoms with Gasteiger partial charge < -0.3 is 16.2 Å². The van der Waals surface area contributed by atoms with Crippen molar-refractivity contribution in [3.05, 3.63) is 0 Å². The first-order valence-corrected chi connectivity index (χ1v) is 6.32. The summed E-state index contributed by atoms with van der Waals surface area (Å²) < 4.78 is 0. The maximum absolute atomic E-state index is 11.7. The van der Waals surface area contributed by atoms with Gasteiger partial charge in [0, 0.05) is 6.04 Å². The van der Waals surface area contributed by atoms with Crippen LogP contribution in [0.4, 0.5) is 0 Å². The van der Waals surface area contributed by atoms with Crippen molar-refractivity contribution >= 4 is 11.9 Å². The van der Waals surface area contributed by atoms with Crippen LogP contribution in [0.15, 0.2) is 0 Å². The van der Waals surface area contributed by atoms with Crippen LogP contribution in [0.25, 0.3) is 0 Å². The van der Waals surface area contributed by atoms with Crippen molar-refractivity contribution in [3.63, 3.8) is 0 Å². The lowest BCUT2D eigenvalue weighted by atomic mass is 10.1. The second-order valence-electron chi connectivity index (χ2n) is 4.80. The van der Waals surface area contributed by atoms with Crippen LogP contribution in [0.1, 0.15) is 45.4 Å². The molecule has 0 aromatic carbocycles. The van der Waals surface area contributed by atoms with Crippen molar-refractivity contribution < 1.29 is 14.7 Å². The van der Waals surface area contributed by atoms with Gasteiger partial charge in [-0.2, -0.15) is 0 Å². The lowest BCUT2D eigenvalue weighted by molar-refractivity contribution is -0.138. The van der Waals surface area contributed by atoms with Crippen LogP contribution in [0.2, 0.25) is 0 Å². The van der Waals surface area contributed by atoms with E-state index in [0.717, 1.165) is 25.7 Å². The zero-order valence-corrected chi connectivity index (χ0v) is 10.3. The van der Waals surface area contributed by atoms with Crippen molar-refractivity contribution in [2.24, 2.45) is 11.7 Å². The minimum absolute atomic E-state index is 0.00307. The Morgan fingerprint density at radius 2 is 2.12 bits per heavy atom. The standard InChI is InChI=1S/C12H22N2O3/c1-2-3-4-9(13)12(17)14-10(7-11(15)16)8-5-6-8/h8-10H,2-7,13H2,1H3,(H,14,17)(H,15,16). The van der Waals surface area contributed by atoms with Gasteiger partial charge in [-0.1, -0.05) is 19.8 Å². The molecule has 0 aliphatic heterocycles. The minimum Gasteiger partial charge on any atom is -0.481 e. The molecule has 2 unspecified atom stereocenters. The summed E-state index contributed by atoms with van der Waals surface area (Å²) in [5.41, 5.74) is 5.74. The van der Waals surface area contributed by atoms with Gasteiger partial charge in [-0.3, -0.25) is 9.59 Å². The van der Waals surface area contributed by atoms with Gasteiger partial charge in [-0.25, -0.2) is 0 Å². The van der Waals surface area contributed by atoms with Gasteiger partial charge in [-0.05, 0) is 25.2 Å². The summed E-state index contributed by atoms with van der Waals surface area (Å²) in [4.78, 5) is 22.4. The van der Waals surface area contributed by atoms with E-state index >= 15 is 0 Å². The van der Waals surface area contributed by atoms with E-state index in [-0.39, 0.29) is 18.4 Å². The summed E-state index contributed by atoms with van der Waals surface area (Å²) >= 11 is 0. The number of carboxylic acids is 1. The van der Waals surface area contributed by atoms with Gasteiger partial charge in [-0.15, -0.1) is 0 Å². The van der Waals surface area contributed by atoms with E-state index < -0.39 is 12.0 Å². The molecule has 98 valence electrons. The molecule has 0 bridgehead atoms. The molecular weight excluding hydrogens is 220 g/mol. The molecule has 2 atom stereocenters. The largest absolute Gasteiger partial charge is 0.481 e. The molecule has 5 heteroatoms. The van der Waals surface area contributed by atoms with Crippen LogP contribution in [0, 0.1) is 5.92 Å². The number of hydrogen-bond donors (Lipinski definition) is 3. The lowest BCUT2D eigenvalue weighted by Crippen LogP contribution is -2.46. The summed E-state index contributed by atoms with van der Waals surface area (Å²) in [5.74, 6) is -0.755. The molecule has 0 aromatic heterocycles. The third kappa shape index (κ3) is 5.17. The number of carbonyl (C=O) groups excluding carboxylic acids is 1. The van der Waals surface area contributed by atoms with Crippen LogP contribution < -0.4 is 11.1 Å². The molecule has 1 rings (SSSR count). The average molecular weight is 242 g/mol. The second-order valence-corrected chi connectivity index (χ2v) is 4.80. The van der Waals surface area contributed by atoms with E-state index in [1.807, 2.05) is 6.92 Å². The van der Waals surface area contributed by atoms with Crippen molar-refractivity contribution in [2.75, 3.05) is 0 Å². The highest BCUT2D eigenvalue weighted by Gasteiger charge is 2.34. The molecule has 5 nitrogen and oxygen atoms in total. The Balaban J connectivity index is 2.37. The Morgan fingerprint density at radius 1 is 1.47 bits per heavy atom. The second kappa shape index (κ2) is 6.59. The highest BCUT2D eigenvalue weighted by molar-refractivity contribution is 5.82. The molecule has 4 N–H and O–H groups in total. The molecule has 1 fully saturated rings. The third-order valence-corrected chi connectivity index (χ3v) is 3.12. The normalized spacial score (nSPS) is 18.5. The van der Waals surface area contributed by atoms with E-state index in [2.05, 4.69) is 5.32 Å². The van der Waals surface area contributed by atoms with Crippen LogP contribution in [-0.2, 0) is 9.59 Å². The molecule has 1 saturated carbocycles. The fraction of sp³-hybridized carbons (Fsp3) is 0.833. The minimum atomic E-state index is -0.871. The van der Waals surface area contributed by atoms with Crippen LogP contribution in [0.5, 0.6) is 0 Å². The molecule has 0 radical (unpaired) electrons. The van der Waals surface area contributed by atoms with Gasteiger partial charge >= 0.3 is 5.97 Å². The van der Waals surface area contributed by atoms with Crippen LogP contribution in [-0.4, -0.2) is 29.1 Å². The summed E-state index contributed by atoms with van der Waals surface area (Å²) in [6, 6.07) is -0.752. The average Bonchev–Trinajstić information content (AvgIpc) is 3.07. The Hall–Kier alpha value is -1.10. The van der Waals surface area contributed by atoms with E-state index in [1.54, 1.807) is 0 Å². The predicted octanol–water partition coefficient (Wildman–Crippen LogP) is 0.873. The molecule has 0 heterocycles. The first kappa shape index (κ1) is 14.0. The third-order valence-electron chi connectivity index (χ3n) is 3.12. The quantitative estimate of drug-likeness (QED) is 0.589. The Bertz CT molecular complexity index is 277. The van der Waals surface area contributed by atoms with Crippen molar-refractivity contribution in [3.8, 4) is 0 Å².